The first-order chi connectivity index (χ1) is 18.4. The highest BCUT2D eigenvalue weighted by atomic mass is 19.1. The van der Waals surface area contributed by atoms with Crippen molar-refractivity contribution in [3.63, 3.8) is 0 Å². The topological polar surface area (TPSA) is 120 Å². The predicted octanol–water partition coefficient (Wildman–Crippen LogP) is 4.30. The highest BCUT2D eigenvalue weighted by Gasteiger charge is 2.34. The molecule has 2 amide bonds. The van der Waals surface area contributed by atoms with Crippen molar-refractivity contribution in [1.29, 1.82) is 0 Å². The Morgan fingerprint density at radius 3 is 2.74 bits per heavy atom. The van der Waals surface area contributed by atoms with E-state index in [1.54, 1.807) is 20.0 Å². The first kappa shape index (κ1) is 27.5. The Bertz CT molecular complexity index is 1470. The van der Waals surface area contributed by atoms with Gasteiger partial charge in [0.1, 0.15) is 41.6 Å². The maximum absolute atomic E-state index is 15.2. The normalized spacial score (nSPS) is 13.3. The van der Waals surface area contributed by atoms with Gasteiger partial charge in [0, 0.05) is 30.3 Å². The van der Waals surface area contributed by atoms with E-state index in [4.69, 9.17) is 15.2 Å². The van der Waals surface area contributed by atoms with E-state index in [9.17, 15) is 14.0 Å². The summed E-state index contributed by atoms with van der Waals surface area (Å²) < 4.78 is 41.6. The predicted molar refractivity (Wildman–Crippen MR) is 143 cm³/mol. The van der Waals surface area contributed by atoms with Crippen LogP contribution in [0.1, 0.15) is 35.3 Å². The highest BCUT2D eigenvalue weighted by molar-refractivity contribution is 6.05. The number of ether oxygens (including phenoxy) is 2. The van der Waals surface area contributed by atoms with Crippen molar-refractivity contribution in [2.24, 2.45) is 0 Å². The van der Waals surface area contributed by atoms with Gasteiger partial charge in [-0.2, -0.15) is 0 Å². The lowest BCUT2D eigenvalue weighted by atomic mass is 9.99. The second kappa shape index (κ2) is 10.7. The first-order valence-corrected chi connectivity index (χ1v) is 12.1. The number of carbonyl (C=O) groups is 2. The Balaban J connectivity index is 1.63. The van der Waals surface area contributed by atoms with E-state index < -0.39 is 23.1 Å². The number of nitrogens with zero attached hydrogens (tertiary/aromatic N) is 3. The van der Waals surface area contributed by atoms with Crippen LogP contribution in [0.5, 0.6) is 11.5 Å². The molecule has 3 aromatic rings. The number of likely N-dealkylation sites (N-methyl/N-ethyl adjacent to an activating group) is 1. The van der Waals surface area contributed by atoms with Gasteiger partial charge in [-0.25, -0.2) is 18.7 Å². The van der Waals surface area contributed by atoms with Crippen LogP contribution in [-0.2, 0) is 11.2 Å². The lowest BCUT2D eigenvalue weighted by Crippen LogP contribution is -2.29. The number of amides is 2. The van der Waals surface area contributed by atoms with Crippen molar-refractivity contribution in [2.75, 3.05) is 31.2 Å². The van der Waals surface area contributed by atoms with Crippen molar-refractivity contribution in [1.82, 2.24) is 14.9 Å². The fourth-order valence-electron chi connectivity index (χ4n) is 4.32. The summed E-state index contributed by atoms with van der Waals surface area (Å²) in [6, 6.07) is 5.25. The van der Waals surface area contributed by atoms with Crippen LogP contribution >= 0.6 is 0 Å². The average Bonchev–Trinajstić information content (AvgIpc) is 3.21. The van der Waals surface area contributed by atoms with Crippen LogP contribution in [0.2, 0.25) is 0 Å². The molecule has 0 spiro atoms. The minimum atomic E-state index is -0.742. The number of anilines is 2. The summed E-state index contributed by atoms with van der Waals surface area (Å²) in [6.07, 6.45) is 2.70. The minimum Gasteiger partial charge on any atom is -0.487 e. The summed E-state index contributed by atoms with van der Waals surface area (Å²) >= 11 is 0. The number of rotatable bonds is 8. The van der Waals surface area contributed by atoms with E-state index in [0.29, 0.717) is 23.3 Å². The second-order valence-electron chi connectivity index (χ2n) is 9.77. The lowest BCUT2D eigenvalue weighted by molar-refractivity contribution is -0.125. The molecule has 1 aromatic heterocycles. The summed E-state index contributed by atoms with van der Waals surface area (Å²) in [7, 11) is 1.59. The molecule has 9 nitrogen and oxygen atoms in total. The molecule has 204 valence electrons. The average molecular weight is 538 g/mol. The molecule has 1 aliphatic heterocycles. The van der Waals surface area contributed by atoms with E-state index in [0.717, 1.165) is 6.07 Å². The van der Waals surface area contributed by atoms with E-state index in [2.05, 4.69) is 21.9 Å². The standard InChI is InChI=1S/C28H29F2N5O4/c1-6-22(36)35(5)9-10-38-25-24(32-14-33-26(25)31)18-11-16(29)12-20(15(18)2)34-27(37)17-7-8-21-19(23(17)30)13-28(3,4)39-21/h6-8,11-12,14H,1,9-10,13H2,2-5H3,(H,34,37)(H2,31,32,33). The molecule has 1 aliphatic rings. The summed E-state index contributed by atoms with van der Waals surface area (Å²) in [5.74, 6) is -1.87. The van der Waals surface area contributed by atoms with Gasteiger partial charge < -0.3 is 25.4 Å². The summed E-state index contributed by atoms with van der Waals surface area (Å²) in [4.78, 5) is 34.4. The Morgan fingerprint density at radius 2 is 2.03 bits per heavy atom. The number of hydrogen-bond donors (Lipinski definition) is 2. The maximum atomic E-state index is 15.2. The van der Waals surface area contributed by atoms with E-state index >= 15 is 4.39 Å². The summed E-state index contributed by atoms with van der Waals surface area (Å²) in [5, 5.41) is 2.61. The molecule has 0 saturated heterocycles. The van der Waals surface area contributed by atoms with Gasteiger partial charge in [-0.05, 0) is 56.7 Å². The van der Waals surface area contributed by atoms with Gasteiger partial charge >= 0.3 is 0 Å². The molecule has 0 radical (unpaired) electrons. The molecule has 3 N–H and O–H groups in total. The Hall–Kier alpha value is -4.54. The van der Waals surface area contributed by atoms with Gasteiger partial charge in [-0.1, -0.05) is 6.58 Å². The Morgan fingerprint density at radius 1 is 1.28 bits per heavy atom. The highest BCUT2D eigenvalue weighted by Crippen LogP contribution is 2.39. The van der Waals surface area contributed by atoms with Crippen LogP contribution in [0.4, 0.5) is 20.3 Å². The minimum absolute atomic E-state index is 0.0114. The van der Waals surface area contributed by atoms with Crippen molar-refractivity contribution >= 4 is 23.3 Å². The van der Waals surface area contributed by atoms with Gasteiger partial charge in [-0.15, -0.1) is 0 Å². The number of aromatic nitrogens is 2. The number of hydrogen-bond acceptors (Lipinski definition) is 7. The third kappa shape index (κ3) is 5.66. The third-order valence-corrected chi connectivity index (χ3v) is 6.36. The zero-order valence-corrected chi connectivity index (χ0v) is 22.1. The van der Waals surface area contributed by atoms with Gasteiger partial charge in [0.25, 0.3) is 5.91 Å². The number of carbonyl (C=O) groups excluding carboxylic acids is 2. The van der Waals surface area contributed by atoms with Crippen LogP contribution in [-0.4, -0.2) is 52.5 Å². The first-order valence-electron chi connectivity index (χ1n) is 12.1. The quantitative estimate of drug-likeness (QED) is 0.411. The van der Waals surface area contributed by atoms with Gasteiger partial charge in [-0.3, -0.25) is 9.59 Å². The van der Waals surface area contributed by atoms with Crippen molar-refractivity contribution < 1.29 is 27.8 Å². The number of fused-ring (bicyclic) bond motifs is 1. The summed E-state index contributed by atoms with van der Waals surface area (Å²) in [6.45, 7) is 9.03. The van der Waals surface area contributed by atoms with Crippen LogP contribution in [0.15, 0.2) is 43.2 Å². The van der Waals surface area contributed by atoms with Gasteiger partial charge in [0.15, 0.2) is 11.6 Å². The lowest BCUT2D eigenvalue weighted by Gasteiger charge is -2.18. The molecule has 0 bridgehead atoms. The van der Waals surface area contributed by atoms with E-state index in [-0.39, 0.29) is 53.1 Å². The number of nitrogens with two attached hydrogens (primary N) is 1. The molecule has 0 fully saturated rings. The molecule has 0 aliphatic carbocycles. The van der Waals surface area contributed by atoms with Crippen LogP contribution in [0.3, 0.4) is 0 Å². The molecule has 0 unspecified atom stereocenters. The maximum Gasteiger partial charge on any atom is 0.258 e. The van der Waals surface area contributed by atoms with E-state index in [1.165, 1.54) is 29.4 Å². The molecule has 2 aromatic carbocycles. The number of nitrogens with one attached hydrogen (secondary N) is 1. The number of halogens is 2. The van der Waals surface area contributed by atoms with Crippen molar-refractivity contribution in [2.45, 2.75) is 32.8 Å². The van der Waals surface area contributed by atoms with Crippen molar-refractivity contribution in [3.05, 3.63) is 71.6 Å². The zero-order valence-electron chi connectivity index (χ0n) is 22.1. The molecule has 11 heteroatoms. The molecule has 2 heterocycles. The molecular weight excluding hydrogens is 508 g/mol. The molecule has 0 saturated carbocycles. The number of benzene rings is 2. The SMILES string of the molecule is C=CC(=O)N(C)CCOc1c(N)ncnc1-c1cc(F)cc(NC(=O)c2ccc3c(c2F)CC(C)(C)O3)c1C. The third-order valence-electron chi connectivity index (χ3n) is 6.36. The molecular formula is C28H29F2N5O4. The fourth-order valence-corrected chi connectivity index (χ4v) is 4.32. The molecule has 4 rings (SSSR count). The van der Waals surface area contributed by atoms with Crippen LogP contribution in [0, 0.1) is 18.6 Å². The van der Waals surface area contributed by atoms with Gasteiger partial charge in [0.2, 0.25) is 5.91 Å². The van der Waals surface area contributed by atoms with Crippen molar-refractivity contribution in [3.8, 4) is 22.8 Å². The van der Waals surface area contributed by atoms with E-state index in [1.807, 2.05) is 13.8 Å². The largest absolute Gasteiger partial charge is 0.487 e. The zero-order chi connectivity index (χ0) is 28.5. The van der Waals surface area contributed by atoms with Crippen LogP contribution in [0.25, 0.3) is 11.3 Å². The molecule has 0 atom stereocenters. The Labute approximate surface area is 224 Å². The van der Waals surface area contributed by atoms with Crippen LogP contribution < -0.4 is 20.5 Å². The number of nitrogen functional groups attached to an aromatic ring is 1. The summed E-state index contributed by atoms with van der Waals surface area (Å²) in [5.41, 5.74) is 6.63. The second-order valence-corrected chi connectivity index (χ2v) is 9.77. The fraction of sp³-hybridized carbons (Fsp3) is 0.286. The van der Waals surface area contributed by atoms with Gasteiger partial charge in [0.05, 0.1) is 12.1 Å². The molecule has 39 heavy (non-hydrogen) atoms. The smallest absolute Gasteiger partial charge is 0.258 e. The Kier molecular flexibility index (Phi) is 7.53. The monoisotopic (exact) mass is 537 g/mol.